The third-order valence-corrected chi connectivity index (χ3v) is 2.18. The van der Waals surface area contributed by atoms with Crippen molar-refractivity contribution in [3.8, 4) is 0 Å². The van der Waals surface area contributed by atoms with Gasteiger partial charge in [0.05, 0.1) is 15.5 Å². The Balaban J connectivity index is 3.43. The number of hydrogen-bond acceptors (Lipinski definition) is 3. The molecule has 0 spiro atoms. The number of halogens is 1. The standard InChI is InChI=1S/C8H6ClNO4/c1-4-2-5(10(13)14)3-6(7(4)9)8(11)12/h2-3H,1H3,(H,11,12). The fourth-order valence-corrected chi connectivity index (χ4v) is 1.20. The average molecular weight is 216 g/mol. The second-order valence-electron chi connectivity index (χ2n) is 2.69. The molecule has 0 aliphatic rings. The van der Waals surface area contributed by atoms with Gasteiger partial charge in [-0.3, -0.25) is 10.1 Å². The van der Waals surface area contributed by atoms with Crippen LogP contribution in [0.2, 0.25) is 5.02 Å². The van der Waals surface area contributed by atoms with E-state index in [1.165, 1.54) is 13.0 Å². The molecule has 0 aliphatic heterocycles. The van der Waals surface area contributed by atoms with Gasteiger partial charge in [0.25, 0.3) is 5.69 Å². The van der Waals surface area contributed by atoms with E-state index in [1.807, 2.05) is 0 Å². The summed E-state index contributed by atoms with van der Waals surface area (Å²) in [5.41, 5.74) is -0.152. The quantitative estimate of drug-likeness (QED) is 0.606. The van der Waals surface area contributed by atoms with Crippen molar-refractivity contribution in [1.29, 1.82) is 0 Å². The third kappa shape index (κ3) is 1.82. The van der Waals surface area contributed by atoms with E-state index in [4.69, 9.17) is 16.7 Å². The van der Waals surface area contributed by atoms with Gasteiger partial charge in [-0.2, -0.15) is 0 Å². The molecule has 14 heavy (non-hydrogen) atoms. The lowest BCUT2D eigenvalue weighted by Crippen LogP contribution is -2.00. The predicted octanol–water partition coefficient (Wildman–Crippen LogP) is 2.25. The Morgan fingerprint density at radius 2 is 2.14 bits per heavy atom. The lowest BCUT2D eigenvalue weighted by Gasteiger charge is -2.02. The van der Waals surface area contributed by atoms with Gasteiger partial charge in [0.1, 0.15) is 0 Å². The maximum atomic E-state index is 10.6. The van der Waals surface area contributed by atoms with Gasteiger partial charge in [-0.15, -0.1) is 0 Å². The molecular weight excluding hydrogens is 210 g/mol. The zero-order chi connectivity index (χ0) is 10.9. The van der Waals surface area contributed by atoms with Crippen LogP contribution in [0.25, 0.3) is 0 Å². The summed E-state index contributed by atoms with van der Waals surface area (Å²) >= 11 is 5.66. The van der Waals surface area contributed by atoms with Crippen molar-refractivity contribution < 1.29 is 14.8 Å². The number of carboxylic acid groups (broad SMARTS) is 1. The molecule has 5 nitrogen and oxygen atoms in total. The molecule has 0 radical (unpaired) electrons. The maximum Gasteiger partial charge on any atom is 0.337 e. The number of carbonyl (C=O) groups is 1. The molecule has 74 valence electrons. The van der Waals surface area contributed by atoms with Crippen LogP contribution < -0.4 is 0 Å². The lowest BCUT2D eigenvalue weighted by molar-refractivity contribution is -0.384. The van der Waals surface area contributed by atoms with Gasteiger partial charge in [0.2, 0.25) is 0 Å². The SMILES string of the molecule is Cc1cc([N+](=O)[O-])cc(C(=O)O)c1Cl. The highest BCUT2D eigenvalue weighted by Gasteiger charge is 2.17. The van der Waals surface area contributed by atoms with Crippen LogP contribution in [0.3, 0.4) is 0 Å². The molecule has 0 atom stereocenters. The van der Waals surface area contributed by atoms with Crippen molar-refractivity contribution in [2.45, 2.75) is 6.92 Å². The topological polar surface area (TPSA) is 80.4 Å². The minimum absolute atomic E-state index is 0.0306. The van der Waals surface area contributed by atoms with E-state index in [0.717, 1.165) is 6.07 Å². The number of non-ortho nitro benzene ring substituents is 1. The van der Waals surface area contributed by atoms with Gasteiger partial charge in [-0.25, -0.2) is 4.79 Å². The van der Waals surface area contributed by atoms with E-state index in [-0.39, 0.29) is 16.3 Å². The summed E-state index contributed by atoms with van der Waals surface area (Å²) in [6.45, 7) is 1.52. The first-order valence-electron chi connectivity index (χ1n) is 3.61. The van der Waals surface area contributed by atoms with Crippen LogP contribution in [0.5, 0.6) is 0 Å². The molecule has 1 aromatic rings. The van der Waals surface area contributed by atoms with Crippen molar-refractivity contribution >= 4 is 23.3 Å². The summed E-state index contributed by atoms with van der Waals surface area (Å²) in [6, 6.07) is 2.17. The first-order chi connectivity index (χ1) is 6.43. The van der Waals surface area contributed by atoms with Crippen molar-refractivity contribution in [3.05, 3.63) is 38.4 Å². The van der Waals surface area contributed by atoms with Gasteiger partial charge in [0.15, 0.2) is 0 Å². The van der Waals surface area contributed by atoms with E-state index in [1.54, 1.807) is 0 Å². The Labute approximate surface area is 84.1 Å². The normalized spacial score (nSPS) is 9.86. The van der Waals surface area contributed by atoms with Crippen LogP contribution in [0.1, 0.15) is 15.9 Å². The van der Waals surface area contributed by atoms with E-state index < -0.39 is 10.9 Å². The molecule has 0 amide bonds. The number of benzene rings is 1. The Bertz CT molecular complexity index is 416. The Kier molecular flexibility index (Phi) is 2.71. The lowest BCUT2D eigenvalue weighted by atomic mass is 10.1. The molecule has 0 unspecified atom stereocenters. The molecule has 1 N–H and O–H groups in total. The molecule has 0 saturated carbocycles. The zero-order valence-electron chi connectivity index (χ0n) is 7.15. The van der Waals surface area contributed by atoms with Crippen LogP contribution in [0, 0.1) is 17.0 Å². The summed E-state index contributed by atoms with van der Waals surface area (Å²) in [7, 11) is 0. The van der Waals surface area contributed by atoms with Crippen LogP contribution in [0.4, 0.5) is 5.69 Å². The van der Waals surface area contributed by atoms with Crippen LogP contribution in [-0.2, 0) is 0 Å². The number of rotatable bonds is 2. The second kappa shape index (κ2) is 3.63. The number of hydrogen-bond donors (Lipinski definition) is 1. The van der Waals surface area contributed by atoms with Gasteiger partial charge in [0, 0.05) is 12.1 Å². The molecular formula is C8H6ClNO4. The Hall–Kier alpha value is -1.62. The monoisotopic (exact) mass is 215 g/mol. The van der Waals surface area contributed by atoms with Crippen molar-refractivity contribution in [1.82, 2.24) is 0 Å². The third-order valence-electron chi connectivity index (χ3n) is 1.68. The van der Waals surface area contributed by atoms with Crippen molar-refractivity contribution in [2.24, 2.45) is 0 Å². The molecule has 0 aromatic heterocycles. The van der Waals surface area contributed by atoms with E-state index >= 15 is 0 Å². The summed E-state index contributed by atoms with van der Waals surface area (Å²) in [6.07, 6.45) is 0. The highest BCUT2D eigenvalue weighted by molar-refractivity contribution is 6.34. The average Bonchev–Trinajstić information content (AvgIpc) is 2.08. The van der Waals surface area contributed by atoms with Gasteiger partial charge < -0.3 is 5.11 Å². The minimum Gasteiger partial charge on any atom is -0.478 e. The summed E-state index contributed by atoms with van der Waals surface area (Å²) < 4.78 is 0. The number of nitro groups is 1. The number of carboxylic acids is 1. The number of nitro benzene ring substituents is 1. The Morgan fingerprint density at radius 1 is 1.57 bits per heavy atom. The zero-order valence-corrected chi connectivity index (χ0v) is 7.91. The first kappa shape index (κ1) is 10.5. The largest absolute Gasteiger partial charge is 0.478 e. The van der Waals surface area contributed by atoms with Crippen LogP contribution >= 0.6 is 11.6 Å². The highest BCUT2D eigenvalue weighted by atomic mass is 35.5. The highest BCUT2D eigenvalue weighted by Crippen LogP contribution is 2.26. The second-order valence-corrected chi connectivity index (χ2v) is 3.06. The van der Waals surface area contributed by atoms with Gasteiger partial charge in [-0.05, 0) is 12.5 Å². The number of aromatic carboxylic acids is 1. The van der Waals surface area contributed by atoms with Gasteiger partial charge in [-0.1, -0.05) is 11.6 Å². The summed E-state index contributed by atoms with van der Waals surface area (Å²) in [5, 5.41) is 19.1. The van der Waals surface area contributed by atoms with Gasteiger partial charge >= 0.3 is 5.97 Å². The van der Waals surface area contributed by atoms with Crippen molar-refractivity contribution in [2.75, 3.05) is 0 Å². The van der Waals surface area contributed by atoms with Crippen LogP contribution in [-0.4, -0.2) is 16.0 Å². The fourth-order valence-electron chi connectivity index (χ4n) is 1.01. The summed E-state index contributed by atoms with van der Waals surface area (Å²) in [4.78, 5) is 20.4. The molecule has 1 rings (SSSR count). The summed E-state index contributed by atoms with van der Waals surface area (Å²) in [5.74, 6) is -1.28. The smallest absolute Gasteiger partial charge is 0.337 e. The number of aryl methyl sites for hydroxylation is 1. The molecule has 0 bridgehead atoms. The Morgan fingerprint density at radius 3 is 2.57 bits per heavy atom. The number of nitrogens with zero attached hydrogens (tertiary/aromatic N) is 1. The van der Waals surface area contributed by atoms with Crippen LogP contribution in [0.15, 0.2) is 12.1 Å². The predicted molar refractivity (Wildman–Crippen MR) is 49.8 cm³/mol. The first-order valence-corrected chi connectivity index (χ1v) is 3.99. The maximum absolute atomic E-state index is 10.6. The van der Waals surface area contributed by atoms with E-state index in [0.29, 0.717) is 5.56 Å². The molecule has 0 aliphatic carbocycles. The minimum atomic E-state index is -1.28. The van der Waals surface area contributed by atoms with Crippen molar-refractivity contribution in [3.63, 3.8) is 0 Å². The van der Waals surface area contributed by atoms with E-state index in [2.05, 4.69) is 0 Å². The van der Waals surface area contributed by atoms with E-state index in [9.17, 15) is 14.9 Å². The molecule has 0 fully saturated rings. The molecule has 6 heteroatoms. The fraction of sp³-hybridized carbons (Fsp3) is 0.125. The molecule has 1 aromatic carbocycles. The molecule has 0 heterocycles. The molecule has 0 saturated heterocycles.